The molecule has 0 fully saturated rings. The number of carbonyl (C=O) groups is 1. The number of aromatic nitrogens is 3. The summed E-state index contributed by atoms with van der Waals surface area (Å²) in [5.41, 5.74) is 5.83. The van der Waals surface area contributed by atoms with Gasteiger partial charge in [-0.05, 0) is 48.4 Å². The highest BCUT2D eigenvalue weighted by Crippen LogP contribution is 2.36. The molecule has 7 nitrogen and oxygen atoms in total. The van der Waals surface area contributed by atoms with Crippen molar-refractivity contribution in [2.45, 2.75) is 6.92 Å². The van der Waals surface area contributed by atoms with E-state index in [4.69, 9.17) is 14.2 Å². The first-order chi connectivity index (χ1) is 15.0. The largest absolute Gasteiger partial charge is 0.491 e. The van der Waals surface area contributed by atoms with Crippen LogP contribution in [0.2, 0.25) is 0 Å². The standard InChI is InChI=1S/C24H21N3O4/c1-14-19-9-17(18-11-21(29-2)23(30-3)25-12-18)10-20(22(19)27-13-26-14)15-5-7-16(8-6-15)24(28)31-4/h5-13H,1-4H3. The molecule has 0 radical (unpaired) electrons. The van der Waals surface area contributed by atoms with E-state index in [9.17, 15) is 4.79 Å². The predicted molar refractivity (Wildman–Crippen MR) is 117 cm³/mol. The maximum atomic E-state index is 11.8. The monoisotopic (exact) mass is 415 g/mol. The van der Waals surface area contributed by atoms with Crippen molar-refractivity contribution >= 4 is 16.9 Å². The Morgan fingerprint density at radius 2 is 1.61 bits per heavy atom. The van der Waals surface area contributed by atoms with Gasteiger partial charge in [0.05, 0.1) is 32.4 Å². The van der Waals surface area contributed by atoms with Crippen LogP contribution < -0.4 is 9.47 Å². The van der Waals surface area contributed by atoms with Crippen molar-refractivity contribution < 1.29 is 19.0 Å². The smallest absolute Gasteiger partial charge is 0.337 e. The van der Waals surface area contributed by atoms with Crippen LogP contribution in [0.25, 0.3) is 33.2 Å². The Morgan fingerprint density at radius 3 is 2.29 bits per heavy atom. The Morgan fingerprint density at radius 1 is 0.839 bits per heavy atom. The Labute approximate surface area is 179 Å². The van der Waals surface area contributed by atoms with Gasteiger partial charge in [-0.1, -0.05) is 12.1 Å². The number of esters is 1. The third kappa shape index (κ3) is 3.77. The fourth-order valence-corrected chi connectivity index (χ4v) is 3.47. The number of hydrogen-bond acceptors (Lipinski definition) is 7. The molecule has 0 unspecified atom stereocenters. The summed E-state index contributed by atoms with van der Waals surface area (Å²) < 4.78 is 15.5. The molecule has 0 atom stereocenters. The Hall–Kier alpha value is -4.00. The SMILES string of the molecule is COC(=O)c1ccc(-c2cc(-c3cnc(OC)c(OC)c3)cc3c(C)ncnc23)cc1. The molecule has 0 amide bonds. The number of hydrogen-bond donors (Lipinski definition) is 0. The van der Waals surface area contributed by atoms with Gasteiger partial charge in [0.25, 0.3) is 5.88 Å². The quantitative estimate of drug-likeness (QED) is 0.445. The van der Waals surface area contributed by atoms with E-state index in [2.05, 4.69) is 15.0 Å². The molecular formula is C24H21N3O4. The molecular weight excluding hydrogens is 394 g/mol. The van der Waals surface area contributed by atoms with Gasteiger partial charge in [0.15, 0.2) is 5.75 Å². The van der Waals surface area contributed by atoms with Crippen LogP contribution in [0.15, 0.2) is 55.0 Å². The van der Waals surface area contributed by atoms with Crippen molar-refractivity contribution in [1.82, 2.24) is 15.0 Å². The maximum absolute atomic E-state index is 11.8. The van der Waals surface area contributed by atoms with Crippen LogP contribution in [0, 0.1) is 6.92 Å². The fraction of sp³-hybridized carbons (Fsp3) is 0.167. The van der Waals surface area contributed by atoms with E-state index in [1.807, 2.05) is 37.3 Å². The van der Waals surface area contributed by atoms with Crippen LogP contribution in [0.3, 0.4) is 0 Å². The molecule has 0 aliphatic carbocycles. The molecule has 0 N–H and O–H groups in total. The second-order valence-corrected chi connectivity index (χ2v) is 6.88. The minimum atomic E-state index is -0.375. The summed E-state index contributed by atoms with van der Waals surface area (Å²) in [4.78, 5) is 25.0. The van der Waals surface area contributed by atoms with Gasteiger partial charge in [0.2, 0.25) is 0 Å². The lowest BCUT2D eigenvalue weighted by atomic mass is 9.95. The number of rotatable bonds is 5. The highest BCUT2D eigenvalue weighted by molar-refractivity contribution is 5.99. The number of carbonyl (C=O) groups excluding carboxylic acids is 1. The molecule has 4 aromatic rings. The van der Waals surface area contributed by atoms with E-state index in [1.165, 1.54) is 7.11 Å². The Kier molecular flexibility index (Phi) is 5.49. The number of ether oxygens (including phenoxy) is 3. The van der Waals surface area contributed by atoms with E-state index in [-0.39, 0.29) is 5.97 Å². The number of methoxy groups -OCH3 is 3. The number of fused-ring (bicyclic) bond motifs is 1. The molecule has 0 spiro atoms. The highest BCUT2D eigenvalue weighted by Gasteiger charge is 2.14. The van der Waals surface area contributed by atoms with Crippen LogP contribution in [0.4, 0.5) is 0 Å². The van der Waals surface area contributed by atoms with Gasteiger partial charge >= 0.3 is 5.97 Å². The lowest BCUT2D eigenvalue weighted by Crippen LogP contribution is -2.00. The summed E-state index contributed by atoms with van der Waals surface area (Å²) in [6.45, 7) is 1.95. The summed E-state index contributed by atoms with van der Waals surface area (Å²) in [5, 5.41) is 0.932. The van der Waals surface area contributed by atoms with Crippen molar-refractivity contribution in [2.24, 2.45) is 0 Å². The Balaban J connectivity index is 1.92. The third-order valence-electron chi connectivity index (χ3n) is 5.12. The third-order valence-corrected chi connectivity index (χ3v) is 5.12. The van der Waals surface area contributed by atoms with Crippen molar-refractivity contribution in [2.75, 3.05) is 21.3 Å². The minimum absolute atomic E-state index is 0.375. The summed E-state index contributed by atoms with van der Waals surface area (Å²) in [5.74, 6) is 0.593. The second-order valence-electron chi connectivity index (χ2n) is 6.88. The molecule has 2 aromatic heterocycles. The molecule has 2 heterocycles. The summed E-state index contributed by atoms with van der Waals surface area (Å²) in [7, 11) is 4.50. The first kappa shape index (κ1) is 20.3. The van der Waals surface area contributed by atoms with Crippen molar-refractivity contribution in [1.29, 1.82) is 0 Å². The van der Waals surface area contributed by atoms with Crippen LogP contribution in [0.5, 0.6) is 11.6 Å². The number of pyridine rings is 1. The molecule has 0 saturated heterocycles. The van der Waals surface area contributed by atoms with Gasteiger partial charge in [-0.15, -0.1) is 0 Å². The molecule has 0 aliphatic heterocycles. The predicted octanol–water partition coefficient (Wildman–Crippen LogP) is 4.47. The van der Waals surface area contributed by atoms with Crippen molar-refractivity contribution in [3.63, 3.8) is 0 Å². The molecule has 31 heavy (non-hydrogen) atoms. The molecule has 0 aliphatic rings. The van der Waals surface area contributed by atoms with Crippen LogP contribution in [-0.2, 0) is 4.74 Å². The summed E-state index contributed by atoms with van der Waals surface area (Å²) in [6, 6.07) is 13.2. The van der Waals surface area contributed by atoms with Crippen molar-refractivity contribution in [3.05, 3.63) is 66.2 Å². The molecule has 4 rings (SSSR count). The van der Waals surface area contributed by atoms with Gasteiger partial charge < -0.3 is 14.2 Å². The van der Waals surface area contributed by atoms with Crippen LogP contribution in [-0.4, -0.2) is 42.3 Å². The average Bonchev–Trinajstić information content (AvgIpc) is 2.83. The molecule has 7 heteroatoms. The number of nitrogens with zero attached hydrogens (tertiary/aromatic N) is 3. The van der Waals surface area contributed by atoms with E-state index in [1.54, 1.807) is 38.9 Å². The number of aryl methyl sites for hydroxylation is 1. The lowest BCUT2D eigenvalue weighted by molar-refractivity contribution is 0.0601. The van der Waals surface area contributed by atoms with Crippen LogP contribution >= 0.6 is 0 Å². The van der Waals surface area contributed by atoms with Gasteiger partial charge in [-0.25, -0.2) is 19.7 Å². The van der Waals surface area contributed by atoms with Gasteiger partial charge in [-0.2, -0.15) is 0 Å². The topological polar surface area (TPSA) is 83.4 Å². The van der Waals surface area contributed by atoms with E-state index >= 15 is 0 Å². The lowest BCUT2D eigenvalue weighted by Gasteiger charge is -2.13. The van der Waals surface area contributed by atoms with Gasteiger partial charge in [0, 0.05) is 28.4 Å². The van der Waals surface area contributed by atoms with E-state index in [0.29, 0.717) is 17.2 Å². The highest BCUT2D eigenvalue weighted by atomic mass is 16.5. The average molecular weight is 415 g/mol. The first-order valence-electron chi connectivity index (χ1n) is 9.58. The minimum Gasteiger partial charge on any atom is -0.491 e. The molecule has 0 saturated carbocycles. The molecule has 2 aromatic carbocycles. The van der Waals surface area contributed by atoms with Crippen molar-refractivity contribution in [3.8, 4) is 33.9 Å². The zero-order valence-corrected chi connectivity index (χ0v) is 17.7. The summed E-state index contributed by atoms with van der Waals surface area (Å²) in [6.07, 6.45) is 3.30. The Bertz CT molecular complexity index is 1270. The zero-order valence-electron chi connectivity index (χ0n) is 17.7. The van der Waals surface area contributed by atoms with E-state index in [0.717, 1.165) is 38.9 Å². The normalized spacial score (nSPS) is 10.7. The maximum Gasteiger partial charge on any atom is 0.337 e. The van der Waals surface area contributed by atoms with Crippen LogP contribution in [0.1, 0.15) is 16.1 Å². The second kappa shape index (κ2) is 8.39. The van der Waals surface area contributed by atoms with Gasteiger partial charge in [-0.3, -0.25) is 0 Å². The number of benzene rings is 2. The zero-order chi connectivity index (χ0) is 22.0. The van der Waals surface area contributed by atoms with Gasteiger partial charge in [0.1, 0.15) is 6.33 Å². The van der Waals surface area contributed by atoms with E-state index < -0.39 is 0 Å². The summed E-state index contributed by atoms with van der Waals surface area (Å²) >= 11 is 0. The first-order valence-corrected chi connectivity index (χ1v) is 9.58. The fourth-order valence-electron chi connectivity index (χ4n) is 3.47. The molecule has 156 valence electrons. The molecule has 0 bridgehead atoms.